The summed E-state index contributed by atoms with van der Waals surface area (Å²) in [6.45, 7) is 5.83. The summed E-state index contributed by atoms with van der Waals surface area (Å²) in [6.07, 6.45) is 2.74. The molecule has 1 fully saturated rings. The quantitative estimate of drug-likeness (QED) is 0.780. The molecule has 1 aromatic heterocycles. The van der Waals surface area contributed by atoms with Crippen LogP contribution >= 0.6 is 27.3 Å². The minimum absolute atomic E-state index is 0.835. The standard InChI is InChI=1S/C12H18BrNOS/c1-9-12(13)6-11(16-9)7-14-4-5-15-8-10-2-3-10/h6,10,14H,2-5,7-8H2,1H3. The Labute approximate surface area is 110 Å². The molecule has 1 aromatic rings. The van der Waals surface area contributed by atoms with Crippen LogP contribution in [0.15, 0.2) is 10.5 Å². The van der Waals surface area contributed by atoms with Crippen molar-refractivity contribution in [2.24, 2.45) is 5.92 Å². The second kappa shape index (κ2) is 6.15. The molecule has 0 radical (unpaired) electrons. The molecule has 1 N–H and O–H groups in total. The number of nitrogens with one attached hydrogen (secondary N) is 1. The Kier molecular flexibility index (Phi) is 4.82. The average molecular weight is 304 g/mol. The Morgan fingerprint density at radius 2 is 2.38 bits per heavy atom. The molecular weight excluding hydrogens is 286 g/mol. The molecule has 0 aliphatic heterocycles. The number of rotatable bonds is 7. The van der Waals surface area contributed by atoms with Gasteiger partial charge in [-0.2, -0.15) is 0 Å². The van der Waals surface area contributed by atoms with Gasteiger partial charge in [-0.05, 0) is 47.7 Å². The van der Waals surface area contributed by atoms with Gasteiger partial charge in [-0.15, -0.1) is 11.3 Å². The maximum atomic E-state index is 5.56. The van der Waals surface area contributed by atoms with Crippen molar-refractivity contribution in [2.75, 3.05) is 19.8 Å². The predicted octanol–water partition coefficient (Wildman–Crippen LogP) is 3.34. The van der Waals surface area contributed by atoms with Gasteiger partial charge >= 0.3 is 0 Å². The highest BCUT2D eigenvalue weighted by Gasteiger charge is 2.20. The first-order valence-corrected chi connectivity index (χ1v) is 7.40. The van der Waals surface area contributed by atoms with Crippen LogP contribution in [0.1, 0.15) is 22.6 Å². The Hall–Kier alpha value is 0.100. The molecule has 1 aliphatic rings. The maximum Gasteiger partial charge on any atom is 0.0591 e. The first kappa shape index (κ1) is 12.6. The molecule has 1 heterocycles. The van der Waals surface area contributed by atoms with E-state index in [1.807, 2.05) is 11.3 Å². The molecule has 1 saturated carbocycles. The Morgan fingerprint density at radius 1 is 1.56 bits per heavy atom. The highest BCUT2D eigenvalue weighted by Crippen LogP contribution is 2.28. The second-order valence-electron chi connectivity index (χ2n) is 4.31. The van der Waals surface area contributed by atoms with E-state index >= 15 is 0 Å². The third-order valence-electron chi connectivity index (χ3n) is 2.68. The highest BCUT2D eigenvalue weighted by molar-refractivity contribution is 9.10. The molecule has 0 atom stereocenters. The summed E-state index contributed by atoms with van der Waals surface area (Å²) in [5, 5.41) is 3.40. The summed E-state index contributed by atoms with van der Waals surface area (Å²) in [5.41, 5.74) is 0. The van der Waals surface area contributed by atoms with Gasteiger partial charge in [-0.25, -0.2) is 0 Å². The summed E-state index contributed by atoms with van der Waals surface area (Å²) in [6, 6.07) is 2.19. The van der Waals surface area contributed by atoms with Crippen LogP contribution in [0.4, 0.5) is 0 Å². The van der Waals surface area contributed by atoms with Crippen molar-refractivity contribution in [1.82, 2.24) is 5.32 Å². The number of halogens is 1. The smallest absolute Gasteiger partial charge is 0.0591 e. The predicted molar refractivity (Wildman–Crippen MR) is 72.0 cm³/mol. The topological polar surface area (TPSA) is 21.3 Å². The van der Waals surface area contributed by atoms with Crippen molar-refractivity contribution >= 4 is 27.3 Å². The largest absolute Gasteiger partial charge is 0.380 e. The minimum atomic E-state index is 0.835. The molecule has 0 aromatic carbocycles. The minimum Gasteiger partial charge on any atom is -0.380 e. The van der Waals surface area contributed by atoms with E-state index in [4.69, 9.17) is 4.74 Å². The molecule has 0 saturated heterocycles. The Balaban J connectivity index is 1.53. The lowest BCUT2D eigenvalue weighted by Gasteiger charge is -2.04. The van der Waals surface area contributed by atoms with E-state index < -0.39 is 0 Å². The molecule has 90 valence electrons. The van der Waals surface area contributed by atoms with Crippen molar-refractivity contribution in [3.63, 3.8) is 0 Å². The van der Waals surface area contributed by atoms with Gasteiger partial charge in [-0.1, -0.05) is 0 Å². The van der Waals surface area contributed by atoms with Crippen molar-refractivity contribution in [3.8, 4) is 0 Å². The molecule has 0 unspecified atom stereocenters. The Bertz CT molecular complexity index is 316. The van der Waals surface area contributed by atoms with Crippen molar-refractivity contribution < 1.29 is 4.74 Å². The monoisotopic (exact) mass is 303 g/mol. The molecule has 4 heteroatoms. The molecule has 2 nitrogen and oxygen atoms in total. The first-order chi connectivity index (χ1) is 7.75. The van der Waals surface area contributed by atoms with E-state index in [-0.39, 0.29) is 0 Å². The second-order valence-corrected chi connectivity index (χ2v) is 6.51. The zero-order chi connectivity index (χ0) is 11.4. The zero-order valence-corrected chi connectivity index (χ0v) is 12.0. The molecular formula is C12H18BrNOS. The number of hydrogen-bond acceptors (Lipinski definition) is 3. The van der Waals surface area contributed by atoms with E-state index in [0.717, 1.165) is 32.2 Å². The fourth-order valence-corrected chi connectivity index (χ4v) is 3.07. The molecule has 0 bridgehead atoms. The summed E-state index contributed by atoms with van der Waals surface area (Å²) in [4.78, 5) is 2.73. The number of aryl methyl sites for hydroxylation is 1. The molecule has 1 aliphatic carbocycles. The van der Waals surface area contributed by atoms with Gasteiger partial charge < -0.3 is 10.1 Å². The first-order valence-electron chi connectivity index (χ1n) is 5.79. The van der Waals surface area contributed by atoms with Gasteiger partial charge in [0.2, 0.25) is 0 Å². The molecule has 16 heavy (non-hydrogen) atoms. The van der Waals surface area contributed by atoms with Crippen LogP contribution in [0.5, 0.6) is 0 Å². The molecule has 2 rings (SSSR count). The number of ether oxygens (including phenoxy) is 1. The van der Waals surface area contributed by atoms with Crippen LogP contribution in [-0.2, 0) is 11.3 Å². The molecule has 0 amide bonds. The van der Waals surface area contributed by atoms with E-state index in [0.29, 0.717) is 0 Å². The normalized spacial score (nSPS) is 15.6. The van der Waals surface area contributed by atoms with Crippen LogP contribution in [0, 0.1) is 12.8 Å². The lowest BCUT2D eigenvalue weighted by atomic mass is 10.4. The fraction of sp³-hybridized carbons (Fsp3) is 0.667. The van der Waals surface area contributed by atoms with E-state index in [2.05, 4.69) is 34.2 Å². The third-order valence-corrected chi connectivity index (χ3v) is 4.82. The molecule has 0 spiro atoms. The summed E-state index contributed by atoms with van der Waals surface area (Å²) in [7, 11) is 0. The van der Waals surface area contributed by atoms with Crippen molar-refractivity contribution in [3.05, 3.63) is 20.3 Å². The average Bonchev–Trinajstić information content (AvgIpc) is 3.01. The van der Waals surface area contributed by atoms with Crippen LogP contribution in [0.2, 0.25) is 0 Å². The van der Waals surface area contributed by atoms with Crippen molar-refractivity contribution in [2.45, 2.75) is 26.3 Å². The van der Waals surface area contributed by atoms with Crippen molar-refractivity contribution in [1.29, 1.82) is 0 Å². The van der Waals surface area contributed by atoms with Crippen LogP contribution in [0.3, 0.4) is 0 Å². The fourth-order valence-electron chi connectivity index (χ4n) is 1.50. The van der Waals surface area contributed by atoms with E-state index in [9.17, 15) is 0 Å². The lowest BCUT2D eigenvalue weighted by Crippen LogP contribution is -2.19. The van der Waals surface area contributed by atoms with Gasteiger partial charge in [-0.3, -0.25) is 0 Å². The third kappa shape index (κ3) is 4.17. The van der Waals surface area contributed by atoms with E-state index in [1.165, 1.54) is 27.1 Å². The van der Waals surface area contributed by atoms with Gasteiger partial charge in [0.1, 0.15) is 0 Å². The SMILES string of the molecule is Cc1sc(CNCCOCC2CC2)cc1Br. The van der Waals surface area contributed by atoms with Gasteiger partial charge in [0, 0.05) is 33.9 Å². The summed E-state index contributed by atoms with van der Waals surface area (Å²) in [5.74, 6) is 0.871. The summed E-state index contributed by atoms with van der Waals surface area (Å²) < 4.78 is 6.78. The van der Waals surface area contributed by atoms with Gasteiger partial charge in [0.15, 0.2) is 0 Å². The zero-order valence-electron chi connectivity index (χ0n) is 9.59. The summed E-state index contributed by atoms with van der Waals surface area (Å²) >= 11 is 5.37. The number of hydrogen-bond donors (Lipinski definition) is 1. The van der Waals surface area contributed by atoms with Gasteiger partial charge in [0.25, 0.3) is 0 Å². The number of thiophene rings is 1. The van der Waals surface area contributed by atoms with Crippen LogP contribution in [0.25, 0.3) is 0 Å². The van der Waals surface area contributed by atoms with E-state index in [1.54, 1.807) is 0 Å². The lowest BCUT2D eigenvalue weighted by molar-refractivity contribution is 0.126. The van der Waals surface area contributed by atoms with Crippen LogP contribution in [-0.4, -0.2) is 19.8 Å². The highest BCUT2D eigenvalue weighted by atomic mass is 79.9. The maximum absolute atomic E-state index is 5.56. The van der Waals surface area contributed by atoms with Crippen LogP contribution < -0.4 is 5.32 Å². The van der Waals surface area contributed by atoms with Gasteiger partial charge in [0.05, 0.1) is 6.61 Å². The Morgan fingerprint density at radius 3 is 3.00 bits per heavy atom.